The lowest BCUT2D eigenvalue weighted by Gasteiger charge is -2.26. The molecule has 1 atom stereocenters. The molecule has 1 fully saturated rings. The summed E-state index contributed by atoms with van der Waals surface area (Å²) in [5, 5.41) is 23.0. The van der Waals surface area contributed by atoms with E-state index < -0.39 is 11.9 Å². The van der Waals surface area contributed by atoms with Crippen molar-refractivity contribution in [2.45, 2.75) is 19.0 Å². The van der Waals surface area contributed by atoms with Gasteiger partial charge in [0.25, 0.3) is 5.91 Å². The Labute approximate surface area is 238 Å². The second-order valence-corrected chi connectivity index (χ2v) is 10.2. The minimum absolute atomic E-state index is 0.00768. The Morgan fingerprint density at radius 2 is 1.76 bits per heavy atom. The molecule has 0 bridgehead atoms. The molecule has 0 unspecified atom stereocenters. The van der Waals surface area contributed by atoms with Gasteiger partial charge < -0.3 is 25.0 Å². The normalized spacial score (nSPS) is 14.6. The van der Waals surface area contributed by atoms with Gasteiger partial charge in [0, 0.05) is 32.1 Å². The van der Waals surface area contributed by atoms with Crippen LogP contribution in [0.4, 0.5) is 0 Å². The van der Waals surface area contributed by atoms with Crippen LogP contribution in [0.15, 0.2) is 72.8 Å². The van der Waals surface area contributed by atoms with E-state index in [0.717, 1.165) is 49.5 Å². The fourth-order valence-corrected chi connectivity index (χ4v) is 5.09. The number of amides is 1. The predicted molar refractivity (Wildman–Crippen MR) is 155 cm³/mol. The van der Waals surface area contributed by atoms with Crippen LogP contribution in [0.3, 0.4) is 0 Å². The van der Waals surface area contributed by atoms with Gasteiger partial charge in [0.05, 0.1) is 36.9 Å². The van der Waals surface area contributed by atoms with Crippen molar-refractivity contribution >= 4 is 22.8 Å². The molecule has 1 aliphatic rings. The van der Waals surface area contributed by atoms with E-state index in [1.54, 1.807) is 37.4 Å². The Bertz CT molecular complexity index is 1530. The number of rotatable bonds is 10. The molecule has 4 aromatic rings. The molecular formula is C32H33N3O6. The molecule has 41 heavy (non-hydrogen) atoms. The number of morpholine rings is 1. The molecule has 1 aliphatic heterocycles. The number of ether oxygens (including phenoxy) is 2. The van der Waals surface area contributed by atoms with Crippen molar-refractivity contribution in [3.05, 3.63) is 95.2 Å². The van der Waals surface area contributed by atoms with Crippen molar-refractivity contribution in [3.63, 3.8) is 0 Å². The van der Waals surface area contributed by atoms with Crippen molar-refractivity contribution in [1.82, 2.24) is 15.2 Å². The van der Waals surface area contributed by atoms with E-state index in [4.69, 9.17) is 9.47 Å². The number of phenolic OH excluding ortho intramolecular Hbond substituents is 1. The first kappa shape index (κ1) is 28.2. The van der Waals surface area contributed by atoms with Crippen molar-refractivity contribution in [2.24, 2.45) is 0 Å². The molecule has 1 amide bonds. The Balaban J connectivity index is 1.39. The van der Waals surface area contributed by atoms with E-state index in [1.807, 2.05) is 24.3 Å². The van der Waals surface area contributed by atoms with Crippen LogP contribution >= 0.6 is 0 Å². The van der Waals surface area contributed by atoms with E-state index in [-0.39, 0.29) is 29.7 Å². The van der Waals surface area contributed by atoms with E-state index in [2.05, 4.69) is 27.3 Å². The highest BCUT2D eigenvalue weighted by atomic mass is 16.5. The minimum Gasteiger partial charge on any atom is -0.508 e. The number of hydrogen-bond donors (Lipinski definition) is 3. The van der Waals surface area contributed by atoms with Crippen LogP contribution in [0.1, 0.15) is 32.0 Å². The van der Waals surface area contributed by atoms with Crippen LogP contribution in [0.2, 0.25) is 0 Å². The molecule has 9 nitrogen and oxygen atoms in total. The van der Waals surface area contributed by atoms with Crippen molar-refractivity contribution in [3.8, 4) is 16.9 Å². The summed E-state index contributed by atoms with van der Waals surface area (Å²) < 4.78 is 10.7. The number of phenols is 1. The first-order chi connectivity index (χ1) is 19.9. The van der Waals surface area contributed by atoms with Crippen LogP contribution in [-0.2, 0) is 22.4 Å². The topological polar surface area (TPSA) is 121 Å². The summed E-state index contributed by atoms with van der Waals surface area (Å²) in [5.74, 6) is -1.47. The number of hydrogen-bond acceptors (Lipinski definition) is 7. The summed E-state index contributed by atoms with van der Waals surface area (Å²) in [7, 11) is 1.54. The second-order valence-electron chi connectivity index (χ2n) is 10.2. The lowest BCUT2D eigenvalue weighted by atomic mass is 9.98. The number of carbonyl (C=O) groups excluding carboxylic acids is 1. The van der Waals surface area contributed by atoms with Gasteiger partial charge in [0.2, 0.25) is 0 Å². The standard InChI is InChI=1S/C32H33N3O6/c1-40-20-25(16-21-5-8-26(36)9-6-21)33-31(37)30-18-28(32(38)39)27-17-24(7-10-29(27)34-30)23-4-2-3-22(15-23)19-35-11-13-41-14-12-35/h2-10,15,17-18,25,36H,11-14,16,19-20H2,1H3,(H,33,37)(H,38,39)/t25-/m0/s1. The van der Waals surface area contributed by atoms with Crippen LogP contribution < -0.4 is 5.32 Å². The van der Waals surface area contributed by atoms with Crippen molar-refractivity contribution in [1.29, 1.82) is 0 Å². The van der Waals surface area contributed by atoms with Gasteiger partial charge in [-0.05, 0) is 65.1 Å². The summed E-state index contributed by atoms with van der Waals surface area (Å²) >= 11 is 0. The average Bonchev–Trinajstić information content (AvgIpc) is 2.98. The first-order valence-electron chi connectivity index (χ1n) is 13.5. The van der Waals surface area contributed by atoms with Crippen LogP contribution in [0.5, 0.6) is 5.75 Å². The second kappa shape index (κ2) is 12.9. The molecule has 9 heteroatoms. The van der Waals surface area contributed by atoms with Crippen molar-refractivity contribution < 1.29 is 29.3 Å². The largest absolute Gasteiger partial charge is 0.508 e. The number of nitrogens with zero attached hydrogens (tertiary/aromatic N) is 2. The first-order valence-corrected chi connectivity index (χ1v) is 13.5. The van der Waals surface area contributed by atoms with Crippen molar-refractivity contribution in [2.75, 3.05) is 40.0 Å². The molecule has 3 aromatic carbocycles. The summed E-state index contributed by atoms with van der Waals surface area (Å²) in [4.78, 5) is 32.4. The van der Waals surface area contributed by atoms with Gasteiger partial charge >= 0.3 is 5.97 Å². The quantitative estimate of drug-likeness (QED) is 0.267. The van der Waals surface area contributed by atoms with E-state index in [0.29, 0.717) is 17.3 Å². The van der Waals surface area contributed by atoms with Gasteiger partial charge in [-0.1, -0.05) is 36.4 Å². The number of carbonyl (C=O) groups is 2. The van der Waals surface area contributed by atoms with Crippen LogP contribution in [-0.4, -0.2) is 78.0 Å². The molecule has 3 N–H and O–H groups in total. The van der Waals surface area contributed by atoms with Gasteiger partial charge in [-0.2, -0.15) is 0 Å². The molecule has 212 valence electrons. The molecule has 1 saturated heterocycles. The molecule has 1 aromatic heterocycles. The monoisotopic (exact) mass is 555 g/mol. The summed E-state index contributed by atoms with van der Waals surface area (Å²) in [5.41, 5.74) is 4.38. The van der Waals surface area contributed by atoms with Gasteiger partial charge in [-0.15, -0.1) is 0 Å². The third-order valence-electron chi connectivity index (χ3n) is 7.16. The highest BCUT2D eigenvalue weighted by Gasteiger charge is 2.20. The number of carboxylic acids is 1. The number of methoxy groups -OCH3 is 1. The number of nitrogens with one attached hydrogen (secondary N) is 1. The maximum atomic E-state index is 13.2. The minimum atomic E-state index is -1.14. The van der Waals surface area contributed by atoms with Gasteiger partial charge in [-0.3, -0.25) is 9.69 Å². The molecule has 0 saturated carbocycles. The number of aromatic nitrogens is 1. The fourth-order valence-electron chi connectivity index (χ4n) is 5.09. The molecule has 2 heterocycles. The lowest BCUT2D eigenvalue weighted by Crippen LogP contribution is -2.40. The van der Waals surface area contributed by atoms with Gasteiger partial charge in [0.15, 0.2) is 0 Å². The Morgan fingerprint density at radius 3 is 2.49 bits per heavy atom. The Morgan fingerprint density at radius 1 is 1.00 bits per heavy atom. The predicted octanol–water partition coefficient (Wildman–Crippen LogP) is 4.13. The lowest BCUT2D eigenvalue weighted by molar-refractivity contribution is 0.0342. The number of aromatic carboxylic acids is 1. The Kier molecular flexibility index (Phi) is 8.88. The van der Waals surface area contributed by atoms with E-state index in [1.165, 1.54) is 11.6 Å². The summed E-state index contributed by atoms with van der Waals surface area (Å²) in [6.45, 7) is 4.34. The number of fused-ring (bicyclic) bond motifs is 1. The number of pyridine rings is 1. The zero-order valence-corrected chi connectivity index (χ0v) is 22.9. The highest BCUT2D eigenvalue weighted by Crippen LogP contribution is 2.28. The summed E-state index contributed by atoms with van der Waals surface area (Å²) in [6, 6.07) is 21.4. The molecule has 0 aliphatic carbocycles. The zero-order valence-electron chi connectivity index (χ0n) is 22.9. The SMILES string of the molecule is COC[C@H](Cc1ccc(O)cc1)NC(=O)c1cc(C(=O)O)c2cc(-c3cccc(CN4CCOCC4)c3)ccc2n1. The number of benzene rings is 3. The zero-order chi connectivity index (χ0) is 28.8. The third kappa shape index (κ3) is 7.07. The number of aromatic hydroxyl groups is 1. The van der Waals surface area contributed by atoms with Gasteiger partial charge in [0.1, 0.15) is 11.4 Å². The van der Waals surface area contributed by atoms with E-state index >= 15 is 0 Å². The van der Waals surface area contributed by atoms with E-state index in [9.17, 15) is 19.8 Å². The smallest absolute Gasteiger partial charge is 0.336 e. The van der Waals surface area contributed by atoms with Crippen LogP contribution in [0.25, 0.3) is 22.0 Å². The average molecular weight is 556 g/mol. The maximum absolute atomic E-state index is 13.2. The molecule has 5 rings (SSSR count). The van der Waals surface area contributed by atoms with Gasteiger partial charge in [-0.25, -0.2) is 9.78 Å². The third-order valence-corrected chi connectivity index (χ3v) is 7.16. The van der Waals surface area contributed by atoms with Crippen LogP contribution in [0, 0.1) is 0 Å². The Hall–Kier alpha value is -4.31. The maximum Gasteiger partial charge on any atom is 0.336 e. The fraction of sp³-hybridized carbons (Fsp3) is 0.281. The number of carboxylic acid groups (broad SMARTS) is 1. The molecule has 0 spiro atoms. The highest BCUT2D eigenvalue weighted by molar-refractivity contribution is 6.06. The molecule has 0 radical (unpaired) electrons. The summed E-state index contributed by atoms with van der Waals surface area (Å²) in [6.07, 6.45) is 0.465. The molecular weight excluding hydrogens is 522 g/mol.